The van der Waals surface area contributed by atoms with Crippen LogP contribution in [0.1, 0.15) is 47.8 Å². The first-order valence-electron chi connectivity index (χ1n) is 9.90. The Labute approximate surface area is 180 Å². The average Bonchev–Trinajstić information content (AvgIpc) is 3.01. The number of aryl methyl sites for hydroxylation is 2. The fraction of sp³-hybridized carbons (Fsp3) is 0.160. The lowest BCUT2D eigenvalue weighted by Crippen LogP contribution is -2.29. The topological polar surface area (TPSA) is 75.7 Å². The highest BCUT2D eigenvalue weighted by Gasteiger charge is 2.35. The quantitative estimate of drug-likeness (QED) is 0.630. The van der Waals surface area contributed by atoms with Crippen molar-refractivity contribution in [3.63, 3.8) is 0 Å². The van der Waals surface area contributed by atoms with Gasteiger partial charge in [0.25, 0.3) is 17.7 Å². The monoisotopic (exact) mass is 414 g/mol. The summed E-state index contributed by atoms with van der Waals surface area (Å²) in [6.45, 7) is 3.95. The SMILES string of the molecule is COc1ccc(CN2C(=O)c3ccccc3C2=O)cc1C(=O)Nc1cc(C)ccc1C. The number of carbonyl (C=O) groups excluding carboxylic acids is 3. The maximum Gasteiger partial charge on any atom is 0.261 e. The zero-order valence-electron chi connectivity index (χ0n) is 17.6. The molecule has 4 rings (SSSR count). The Hall–Kier alpha value is -3.93. The van der Waals surface area contributed by atoms with E-state index in [4.69, 9.17) is 4.74 Å². The molecule has 3 amide bonds. The maximum atomic E-state index is 13.0. The predicted octanol–water partition coefficient (Wildman–Crippen LogP) is 4.36. The summed E-state index contributed by atoms with van der Waals surface area (Å²) < 4.78 is 5.37. The van der Waals surface area contributed by atoms with Crippen LogP contribution >= 0.6 is 0 Å². The molecule has 0 atom stereocenters. The van der Waals surface area contributed by atoms with Gasteiger partial charge in [0.1, 0.15) is 5.75 Å². The Kier molecular flexibility index (Phi) is 5.29. The number of methoxy groups -OCH3 is 1. The van der Waals surface area contributed by atoms with Crippen molar-refractivity contribution in [3.8, 4) is 5.75 Å². The van der Waals surface area contributed by atoms with Gasteiger partial charge in [-0.3, -0.25) is 19.3 Å². The van der Waals surface area contributed by atoms with Gasteiger partial charge in [0.2, 0.25) is 0 Å². The second-order valence-electron chi connectivity index (χ2n) is 7.55. The Morgan fingerprint density at radius 3 is 2.26 bits per heavy atom. The Bertz CT molecular complexity index is 1180. The molecule has 1 heterocycles. The highest BCUT2D eigenvalue weighted by Crippen LogP contribution is 2.27. The molecule has 0 saturated carbocycles. The molecule has 3 aromatic rings. The van der Waals surface area contributed by atoms with E-state index < -0.39 is 0 Å². The summed E-state index contributed by atoms with van der Waals surface area (Å²) in [6, 6.07) is 17.7. The number of amides is 3. The van der Waals surface area contributed by atoms with E-state index in [2.05, 4.69) is 5.32 Å². The molecule has 0 unspecified atom stereocenters. The molecular weight excluding hydrogens is 392 g/mol. The Morgan fingerprint density at radius 1 is 0.935 bits per heavy atom. The normalized spacial score (nSPS) is 12.7. The fourth-order valence-corrected chi connectivity index (χ4v) is 3.66. The average molecular weight is 414 g/mol. The van der Waals surface area contributed by atoms with E-state index in [9.17, 15) is 14.4 Å². The van der Waals surface area contributed by atoms with Crippen molar-refractivity contribution in [3.05, 3.63) is 94.0 Å². The van der Waals surface area contributed by atoms with Gasteiger partial charge >= 0.3 is 0 Å². The van der Waals surface area contributed by atoms with Crippen molar-refractivity contribution in [2.75, 3.05) is 12.4 Å². The number of imide groups is 1. The van der Waals surface area contributed by atoms with Gasteiger partial charge in [0.15, 0.2) is 0 Å². The first kappa shape index (κ1) is 20.3. The molecule has 156 valence electrons. The zero-order valence-corrected chi connectivity index (χ0v) is 17.6. The fourth-order valence-electron chi connectivity index (χ4n) is 3.66. The number of hydrogen-bond donors (Lipinski definition) is 1. The van der Waals surface area contributed by atoms with Crippen LogP contribution in [-0.2, 0) is 6.54 Å². The van der Waals surface area contributed by atoms with E-state index in [1.807, 2.05) is 32.0 Å². The largest absolute Gasteiger partial charge is 0.496 e. The molecule has 0 spiro atoms. The van der Waals surface area contributed by atoms with Crippen molar-refractivity contribution in [1.29, 1.82) is 0 Å². The standard InChI is InChI=1S/C25H22N2O4/c1-15-8-9-16(2)21(12-15)26-23(28)20-13-17(10-11-22(20)31-3)14-27-24(29)18-6-4-5-7-19(18)25(27)30/h4-13H,14H2,1-3H3,(H,26,28). The third-order valence-electron chi connectivity index (χ3n) is 5.37. The molecule has 0 fully saturated rings. The number of hydrogen-bond acceptors (Lipinski definition) is 4. The van der Waals surface area contributed by atoms with E-state index in [1.54, 1.807) is 42.5 Å². The second-order valence-corrected chi connectivity index (χ2v) is 7.55. The molecule has 1 aliphatic rings. The molecule has 31 heavy (non-hydrogen) atoms. The van der Waals surface area contributed by atoms with Crippen LogP contribution < -0.4 is 10.1 Å². The van der Waals surface area contributed by atoms with Crippen LogP contribution in [0.3, 0.4) is 0 Å². The molecule has 6 heteroatoms. The molecule has 1 N–H and O–H groups in total. The minimum atomic E-state index is -0.335. The van der Waals surface area contributed by atoms with E-state index in [0.29, 0.717) is 28.0 Å². The van der Waals surface area contributed by atoms with E-state index in [1.165, 1.54) is 12.0 Å². The summed E-state index contributed by atoms with van der Waals surface area (Å²) in [5.41, 5.74) is 4.48. The first-order chi connectivity index (χ1) is 14.9. The van der Waals surface area contributed by atoms with E-state index in [-0.39, 0.29) is 24.3 Å². The van der Waals surface area contributed by atoms with Crippen LogP contribution in [0.25, 0.3) is 0 Å². The van der Waals surface area contributed by atoms with E-state index >= 15 is 0 Å². The van der Waals surface area contributed by atoms with Crippen LogP contribution in [0.4, 0.5) is 5.69 Å². The van der Waals surface area contributed by atoms with Crippen molar-refractivity contribution in [2.24, 2.45) is 0 Å². The smallest absolute Gasteiger partial charge is 0.261 e. The third-order valence-corrected chi connectivity index (χ3v) is 5.37. The molecule has 0 bridgehead atoms. The van der Waals surface area contributed by atoms with Crippen LogP contribution in [0.15, 0.2) is 60.7 Å². The van der Waals surface area contributed by atoms with Gasteiger partial charge in [-0.25, -0.2) is 0 Å². The Morgan fingerprint density at radius 2 is 1.61 bits per heavy atom. The number of anilines is 1. The third kappa shape index (κ3) is 3.80. The van der Waals surface area contributed by atoms with Crippen LogP contribution in [-0.4, -0.2) is 29.7 Å². The minimum absolute atomic E-state index is 0.0695. The molecule has 0 radical (unpaired) electrons. The second kappa shape index (κ2) is 8.07. The molecule has 0 saturated heterocycles. The van der Waals surface area contributed by atoms with Gasteiger partial charge in [-0.05, 0) is 60.9 Å². The number of rotatable bonds is 5. The summed E-state index contributed by atoms with van der Waals surface area (Å²) in [5.74, 6) is -0.584. The first-order valence-corrected chi connectivity index (χ1v) is 9.90. The summed E-state index contributed by atoms with van der Waals surface area (Å²) in [4.78, 5) is 39.5. The number of nitrogens with zero attached hydrogens (tertiary/aromatic N) is 1. The predicted molar refractivity (Wildman–Crippen MR) is 118 cm³/mol. The molecule has 3 aromatic carbocycles. The van der Waals surface area contributed by atoms with Gasteiger partial charge < -0.3 is 10.1 Å². The van der Waals surface area contributed by atoms with E-state index in [0.717, 1.165) is 16.8 Å². The summed E-state index contributed by atoms with van der Waals surface area (Å²) >= 11 is 0. The minimum Gasteiger partial charge on any atom is -0.496 e. The highest BCUT2D eigenvalue weighted by molar-refractivity contribution is 6.21. The van der Waals surface area contributed by atoms with Gasteiger partial charge in [0, 0.05) is 5.69 Å². The number of nitrogens with one attached hydrogen (secondary N) is 1. The highest BCUT2D eigenvalue weighted by atomic mass is 16.5. The number of fused-ring (bicyclic) bond motifs is 1. The lowest BCUT2D eigenvalue weighted by Gasteiger charge is -2.16. The van der Waals surface area contributed by atoms with Gasteiger partial charge in [-0.2, -0.15) is 0 Å². The van der Waals surface area contributed by atoms with Crippen LogP contribution in [0.2, 0.25) is 0 Å². The van der Waals surface area contributed by atoms with Gasteiger partial charge in [0.05, 0.1) is 30.3 Å². The molecule has 1 aliphatic heterocycles. The Balaban J connectivity index is 1.61. The lowest BCUT2D eigenvalue weighted by molar-refractivity contribution is 0.0642. The van der Waals surface area contributed by atoms with Crippen LogP contribution in [0, 0.1) is 13.8 Å². The van der Waals surface area contributed by atoms with Gasteiger partial charge in [-0.15, -0.1) is 0 Å². The van der Waals surface area contributed by atoms with Crippen molar-refractivity contribution in [2.45, 2.75) is 20.4 Å². The number of ether oxygens (including phenoxy) is 1. The maximum absolute atomic E-state index is 13.0. The number of carbonyl (C=O) groups is 3. The summed E-state index contributed by atoms with van der Waals surface area (Å²) in [5, 5.41) is 2.93. The zero-order chi connectivity index (χ0) is 22.1. The van der Waals surface area contributed by atoms with Crippen molar-refractivity contribution >= 4 is 23.4 Å². The van der Waals surface area contributed by atoms with Crippen LogP contribution in [0.5, 0.6) is 5.75 Å². The molecule has 0 aromatic heterocycles. The molecular formula is C25H22N2O4. The molecule has 6 nitrogen and oxygen atoms in total. The summed E-state index contributed by atoms with van der Waals surface area (Å²) in [7, 11) is 1.49. The summed E-state index contributed by atoms with van der Waals surface area (Å²) in [6.07, 6.45) is 0. The van der Waals surface area contributed by atoms with Gasteiger partial charge in [-0.1, -0.05) is 30.3 Å². The lowest BCUT2D eigenvalue weighted by atomic mass is 10.1. The number of benzene rings is 3. The van der Waals surface area contributed by atoms with Crippen molar-refractivity contribution in [1.82, 2.24) is 4.90 Å². The molecule has 0 aliphatic carbocycles. The van der Waals surface area contributed by atoms with Crippen molar-refractivity contribution < 1.29 is 19.1 Å².